The molecular weight excluding hydrogens is 319 g/mol. The van der Waals surface area contributed by atoms with Gasteiger partial charge in [-0.25, -0.2) is 9.18 Å². The van der Waals surface area contributed by atoms with Crippen LogP contribution >= 0.6 is 11.6 Å². The van der Waals surface area contributed by atoms with Crippen LogP contribution in [-0.4, -0.2) is 54.8 Å². The van der Waals surface area contributed by atoms with Crippen LogP contribution in [0.3, 0.4) is 0 Å². The number of nitrogen functional groups attached to an aromatic ring is 1. The first-order chi connectivity index (χ1) is 10.3. The van der Waals surface area contributed by atoms with Crippen LogP contribution in [0.15, 0.2) is 11.0 Å². The number of rotatable bonds is 2. The van der Waals surface area contributed by atoms with Crippen molar-refractivity contribution in [2.75, 3.05) is 12.4 Å². The van der Waals surface area contributed by atoms with Gasteiger partial charge >= 0.3 is 5.69 Å². The highest BCUT2D eigenvalue weighted by atomic mass is 35.5. The van der Waals surface area contributed by atoms with E-state index in [-0.39, 0.29) is 5.82 Å². The van der Waals surface area contributed by atoms with E-state index in [1.165, 1.54) is 6.92 Å². The van der Waals surface area contributed by atoms with E-state index in [1.54, 1.807) is 0 Å². The molecule has 5 atom stereocenters. The number of ether oxygens (including phenoxy) is 1. The van der Waals surface area contributed by atoms with E-state index >= 15 is 0 Å². The third-order valence-corrected chi connectivity index (χ3v) is 3.67. The predicted molar refractivity (Wildman–Crippen MR) is 74.6 cm³/mol. The summed E-state index contributed by atoms with van der Waals surface area (Å²) in [5.41, 5.74) is 4.47. The van der Waals surface area contributed by atoms with Gasteiger partial charge in [0.1, 0.15) is 24.7 Å². The maximum Gasteiger partial charge on any atom is 0.368 e. The first-order valence-corrected chi connectivity index (χ1v) is 6.67. The van der Waals surface area contributed by atoms with Gasteiger partial charge in [-0.15, -0.1) is 0 Å². The smallest absolute Gasteiger partial charge is 0.368 e. The minimum Gasteiger partial charge on any atom is -0.391 e. The van der Waals surface area contributed by atoms with Crippen LogP contribution in [0.2, 0.25) is 0 Å². The summed E-state index contributed by atoms with van der Waals surface area (Å²) in [7, 11) is 0. The number of hydrogen-bond donors (Lipinski definition) is 3. The first-order valence-electron chi connectivity index (χ1n) is 6.29. The molecule has 0 radical (unpaired) electrons. The minimum absolute atomic E-state index is 0.109. The second kappa shape index (κ2) is 6.18. The zero-order chi connectivity index (χ0) is 16.5. The topological polar surface area (TPSA) is 123 Å². The molecule has 1 aromatic rings. The molecular formula is C12H14ClFN4O4. The molecule has 10 heteroatoms. The zero-order valence-corrected chi connectivity index (χ0v) is 12.2. The Hall–Kier alpha value is -1.73. The maximum absolute atomic E-state index is 12.3. The van der Waals surface area contributed by atoms with Crippen molar-refractivity contribution in [3.05, 3.63) is 16.7 Å². The summed E-state index contributed by atoms with van der Waals surface area (Å²) < 4.78 is 18.5. The van der Waals surface area contributed by atoms with Gasteiger partial charge in [0.05, 0.1) is 12.3 Å². The molecule has 0 aliphatic carbocycles. The number of hydrogen-bond acceptors (Lipinski definition) is 7. The Kier molecular flexibility index (Phi) is 4.67. The molecule has 1 unspecified atom stereocenters. The van der Waals surface area contributed by atoms with Crippen molar-refractivity contribution in [3.63, 3.8) is 0 Å². The lowest BCUT2D eigenvalue weighted by atomic mass is 9.97. The van der Waals surface area contributed by atoms with Crippen LogP contribution in [0.25, 0.3) is 0 Å². The molecule has 1 aliphatic rings. The normalized spacial score (nSPS) is 32.3. The fourth-order valence-corrected chi connectivity index (χ4v) is 2.48. The van der Waals surface area contributed by atoms with Crippen molar-refractivity contribution in [1.82, 2.24) is 14.8 Å². The average molecular weight is 333 g/mol. The van der Waals surface area contributed by atoms with E-state index in [4.69, 9.17) is 22.1 Å². The molecule has 120 valence electrons. The Morgan fingerprint density at radius 3 is 2.95 bits per heavy atom. The number of aliphatic hydroxyl groups is 2. The number of halogens is 2. The molecule has 0 amide bonds. The summed E-state index contributed by atoms with van der Waals surface area (Å²) in [6.07, 6.45) is -4.01. The zero-order valence-electron chi connectivity index (χ0n) is 11.5. The molecule has 2 heterocycles. The van der Waals surface area contributed by atoms with Crippen LogP contribution in [0.4, 0.5) is 10.2 Å². The van der Waals surface area contributed by atoms with Gasteiger partial charge < -0.3 is 20.7 Å². The standard InChI is InChI=1S/C12H14ClFN4O4/c1-6(19)8-9(20)12(13,3-2-4-14)10(22-8)18-11(21)17-7(15)5-16-18/h5-6,8-10,19-20H,4H2,1H3,(H2,15,17,21)/t6-,8-,9?,10-,12-/m1/s1. The summed E-state index contributed by atoms with van der Waals surface area (Å²) in [4.78, 5) is 13.5. The van der Waals surface area contributed by atoms with Crippen LogP contribution in [-0.2, 0) is 4.74 Å². The fourth-order valence-electron chi connectivity index (χ4n) is 2.15. The molecule has 0 saturated carbocycles. The predicted octanol–water partition coefficient (Wildman–Crippen LogP) is -1.19. The van der Waals surface area contributed by atoms with Gasteiger partial charge in [0.15, 0.2) is 11.1 Å². The van der Waals surface area contributed by atoms with E-state index in [9.17, 15) is 19.4 Å². The van der Waals surface area contributed by atoms with Crippen LogP contribution in [0, 0.1) is 11.8 Å². The molecule has 0 bridgehead atoms. The number of aliphatic hydroxyl groups excluding tert-OH is 2. The summed E-state index contributed by atoms with van der Waals surface area (Å²) in [6.45, 7) is 0.364. The van der Waals surface area contributed by atoms with Crippen molar-refractivity contribution in [2.24, 2.45) is 0 Å². The molecule has 1 aromatic heterocycles. The van der Waals surface area contributed by atoms with Crippen molar-refractivity contribution >= 4 is 17.4 Å². The van der Waals surface area contributed by atoms with Crippen LogP contribution in [0.5, 0.6) is 0 Å². The van der Waals surface area contributed by atoms with E-state index in [0.717, 1.165) is 10.9 Å². The highest BCUT2D eigenvalue weighted by molar-refractivity contribution is 6.27. The molecule has 4 N–H and O–H groups in total. The minimum atomic E-state index is -1.87. The number of nitrogens with two attached hydrogens (primary N) is 1. The lowest BCUT2D eigenvalue weighted by Crippen LogP contribution is -2.45. The van der Waals surface area contributed by atoms with Gasteiger partial charge in [-0.05, 0) is 6.92 Å². The summed E-state index contributed by atoms with van der Waals surface area (Å²) >= 11 is 6.27. The fraction of sp³-hybridized carbons (Fsp3) is 0.583. The average Bonchev–Trinajstić information content (AvgIpc) is 2.70. The lowest BCUT2D eigenvalue weighted by molar-refractivity contribution is -0.0809. The molecule has 0 aromatic carbocycles. The van der Waals surface area contributed by atoms with E-state index < -0.39 is 41.8 Å². The molecule has 22 heavy (non-hydrogen) atoms. The summed E-state index contributed by atoms with van der Waals surface area (Å²) in [6, 6.07) is 0. The Morgan fingerprint density at radius 2 is 2.41 bits per heavy atom. The summed E-state index contributed by atoms with van der Waals surface area (Å²) in [5.74, 6) is 4.31. The molecule has 1 saturated heterocycles. The second-order valence-corrected chi connectivity index (χ2v) is 5.38. The molecule has 8 nitrogen and oxygen atoms in total. The SMILES string of the molecule is C[C@@H](O)[C@H]1O[C@@H](n2ncc(N)nc2=O)[C@@](Cl)(C#CCF)C1O. The van der Waals surface area contributed by atoms with Gasteiger partial charge in [0.25, 0.3) is 0 Å². The Morgan fingerprint density at radius 1 is 1.73 bits per heavy atom. The lowest BCUT2D eigenvalue weighted by Gasteiger charge is -2.24. The van der Waals surface area contributed by atoms with E-state index in [0.29, 0.717) is 0 Å². The summed E-state index contributed by atoms with van der Waals surface area (Å²) in [5, 5.41) is 23.6. The molecule has 1 fully saturated rings. The van der Waals surface area contributed by atoms with Gasteiger partial charge in [-0.1, -0.05) is 23.4 Å². The third kappa shape index (κ3) is 2.78. The second-order valence-electron chi connectivity index (χ2n) is 4.75. The largest absolute Gasteiger partial charge is 0.391 e. The quantitative estimate of drug-likeness (QED) is 0.459. The third-order valence-electron chi connectivity index (χ3n) is 3.17. The Balaban J connectivity index is 2.53. The van der Waals surface area contributed by atoms with Gasteiger partial charge in [0, 0.05) is 0 Å². The van der Waals surface area contributed by atoms with E-state index in [1.807, 2.05) is 0 Å². The highest BCUT2D eigenvalue weighted by Crippen LogP contribution is 2.43. The number of alkyl halides is 2. The number of nitrogens with zero attached hydrogens (tertiary/aromatic N) is 3. The Bertz CT molecular complexity index is 673. The van der Waals surface area contributed by atoms with Crippen molar-refractivity contribution in [1.29, 1.82) is 0 Å². The van der Waals surface area contributed by atoms with Gasteiger partial charge in [0.2, 0.25) is 0 Å². The monoisotopic (exact) mass is 332 g/mol. The Labute approximate surface area is 129 Å². The maximum atomic E-state index is 12.3. The number of anilines is 1. The molecule has 1 aliphatic heterocycles. The van der Waals surface area contributed by atoms with Crippen LogP contribution in [0.1, 0.15) is 13.2 Å². The van der Waals surface area contributed by atoms with Crippen molar-refractivity contribution < 1.29 is 19.3 Å². The van der Waals surface area contributed by atoms with E-state index in [2.05, 4.69) is 21.9 Å². The van der Waals surface area contributed by atoms with Gasteiger partial charge in [-0.2, -0.15) is 14.8 Å². The number of aromatic nitrogens is 3. The van der Waals surface area contributed by atoms with Crippen LogP contribution < -0.4 is 11.4 Å². The van der Waals surface area contributed by atoms with Crippen molar-refractivity contribution in [3.8, 4) is 11.8 Å². The first kappa shape index (κ1) is 16.6. The molecule has 2 rings (SSSR count). The highest BCUT2D eigenvalue weighted by Gasteiger charge is 2.57. The van der Waals surface area contributed by atoms with Gasteiger partial charge in [-0.3, -0.25) is 0 Å². The van der Waals surface area contributed by atoms with Crippen molar-refractivity contribution in [2.45, 2.75) is 36.3 Å². The molecule has 0 spiro atoms.